The molecule has 0 aliphatic heterocycles. The molecule has 1 aromatic carbocycles. The molecule has 0 spiro atoms. The van der Waals surface area contributed by atoms with Gasteiger partial charge in [-0.05, 0) is 38.5 Å². The Morgan fingerprint density at radius 2 is 1.80 bits per heavy atom. The standard InChI is InChI=1S/C14H20ClNO3S/c1-10(16-13(17)14(2,3)9-15)11-5-7-12(8-6-11)20(4,18)19/h5-8,10H,9H2,1-4H3,(H,16,17). The second-order valence-corrected chi connectivity index (χ2v) is 7.84. The SMILES string of the molecule is CC(NC(=O)C(C)(C)CCl)c1ccc(S(C)(=O)=O)cc1. The van der Waals surface area contributed by atoms with Crippen molar-refractivity contribution in [3.8, 4) is 0 Å². The average molecular weight is 318 g/mol. The summed E-state index contributed by atoms with van der Waals surface area (Å²) >= 11 is 5.76. The fraction of sp³-hybridized carbons (Fsp3) is 0.500. The number of carbonyl (C=O) groups is 1. The third kappa shape index (κ3) is 4.21. The molecule has 1 aromatic rings. The zero-order chi connectivity index (χ0) is 15.6. The van der Waals surface area contributed by atoms with Gasteiger partial charge in [-0.15, -0.1) is 11.6 Å². The second kappa shape index (κ2) is 6.14. The monoisotopic (exact) mass is 317 g/mol. The fourth-order valence-electron chi connectivity index (χ4n) is 1.54. The van der Waals surface area contributed by atoms with Crippen LogP contribution in [0.15, 0.2) is 29.2 Å². The van der Waals surface area contributed by atoms with Crippen molar-refractivity contribution in [1.82, 2.24) is 5.32 Å². The normalized spacial score (nSPS) is 13.8. The lowest BCUT2D eigenvalue weighted by Gasteiger charge is -2.24. The number of alkyl halides is 1. The Labute approximate surface area is 125 Å². The number of hydrogen-bond donors (Lipinski definition) is 1. The number of halogens is 1. The minimum atomic E-state index is -3.20. The Kier molecular flexibility index (Phi) is 5.21. The van der Waals surface area contributed by atoms with Crippen LogP contribution >= 0.6 is 11.6 Å². The molecule has 0 bridgehead atoms. The molecule has 4 nitrogen and oxygen atoms in total. The number of sulfone groups is 1. The molecular formula is C14H20ClNO3S. The van der Waals surface area contributed by atoms with E-state index in [1.54, 1.807) is 38.1 Å². The molecule has 0 fully saturated rings. The highest BCUT2D eigenvalue weighted by Crippen LogP contribution is 2.21. The summed E-state index contributed by atoms with van der Waals surface area (Å²) in [6.07, 6.45) is 1.16. The van der Waals surface area contributed by atoms with Crippen molar-refractivity contribution in [2.45, 2.75) is 31.7 Å². The maximum atomic E-state index is 12.0. The van der Waals surface area contributed by atoms with Crippen molar-refractivity contribution in [3.63, 3.8) is 0 Å². The highest BCUT2D eigenvalue weighted by atomic mass is 35.5. The first-order chi connectivity index (χ1) is 9.08. The van der Waals surface area contributed by atoms with Crippen molar-refractivity contribution in [1.29, 1.82) is 0 Å². The predicted molar refractivity (Wildman–Crippen MR) is 80.6 cm³/mol. The van der Waals surface area contributed by atoms with Gasteiger partial charge in [0.15, 0.2) is 9.84 Å². The van der Waals surface area contributed by atoms with Crippen molar-refractivity contribution in [2.75, 3.05) is 12.1 Å². The molecule has 1 atom stereocenters. The molecule has 0 aliphatic rings. The number of hydrogen-bond acceptors (Lipinski definition) is 3. The summed E-state index contributed by atoms with van der Waals surface area (Å²) in [6, 6.07) is 6.28. The van der Waals surface area contributed by atoms with Gasteiger partial charge in [-0.1, -0.05) is 12.1 Å². The second-order valence-electron chi connectivity index (χ2n) is 5.55. The van der Waals surface area contributed by atoms with Crippen LogP contribution in [-0.4, -0.2) is 26.5 Å². The topological polar surface area (TPSA) is 63.2 Å². The van der Waals surface area contributed by atoms with Crippen molar-refractivity contribution in [2.24, 2.45) is 5.41 Å². The van der Waals surface area contributed by atoms with E-state index in [0.29, 0.717) is 0 Å². The van der Waals surface area contributed by atoms with E-state index in [1.807, 2.05) is 6.92 Å². The molecule has 112 valence electrons. The summed E-state index contributed by atoms with van der Waals surface area (Å²) in [5.74, 6) is 0.102. The molecule has 1 N–H and O–H groups in total. The maximum Gasteiger partial charge on any atom is 0.227 e. The lowest BCUT2D eigenvalue weighted by molar-refractivity contribution is -0.129. The van der Waals surface area contributed by atoms with Crippen LogP contribution in [0.3, 0.4) is 0 Å². The molecule has 6 heteroatoms. The van der Waals surface area contributed by atoms with Crippen molar-refractivity contribution >= 4 is 27.3 Å². The van der Waals surface area contributed by atoms with Gasteiger partial charge in [0, 0.05) is 12.1 Å². The van der Waals surface area contributed by atoms with Crippen LogP contribution < -0.4 is 5.32 Å². The Balaban J connectivity index is 2.84. The van der Waals surface area contributed by atoms with Gasteiger partial charge in [-0.25, -0.2) is 8.42 Å². The van der Waals surface area contributed by atoms with Crippen LogP contribution in [-0.2, 0) is 14.6 Å². The summed E-state index contributed by atoms with van der Waals surface area (Å²) in [5, 5.41) is 2.87. The molecule has 0 saturated heterocycles. The Bertz CT molecular complexity index is 579. The molecule has 0 heterocycles. The molecule has 0 aromatic heterocycles. The van der Waals surface area contributed by atoms with Crippen molar-refractivity contribution < 1.29 is 13.2 Å². The van der Waals surface area contributed by atoms with E-state index in [-0.39, 0.29) is 22.7 Å². The molecule has 0 radical (unpaired) electrons. The zero-order valence-electron chi connectivity index (χ0n) is 12.1. The van der Waals surface area contributed by atoms with Crippen LogP contribution in [0.4, 0.5) is 0 Å². The van der Waals surface area contributed by atoms with E-state index >= 15 is 0 Å². The van der Waals surface area contributed by atoms with Crippen LogP contribution in [0, 0.1) is 5.41 Å². The third-order valence-electron chi connectivity index (χ3n) is 3.10. The first-order valence-electron chi connectivity index (χ1n) is 6.25. The molecule has 0 aliphatic carbocycles. The lowest BCUT2D eigenvalue weighted by atomic mass is 9.94. The van der Waals surface area contributed by atoms with Gasteiger partial charge in [0.25, 0.3) is 0 Å². The highest BCUT2D eigenvalue weighted by molar-refractivity contribution is 7.90. The largest absolute Gasteiger partial charge is 0.349 e. The zero-order valence-corrected chi connectivity index (χ0v) is 13.7. The van der Waals surface area contributed by atoms with E-state index in [0.717, 1.165) is 11.8 Å². The molecule has 1 rings (SSSR count). The third-order valence-corrected chi connectivity index (χ3v) is 4.90. The Hall–Kier alpha value is -1.07. The van der Waals surface area contributed by atoms with Gasteiger partial charge in [-0.2, -0.15) is 0 Å². The number of amides is 1. The van der Waals surface area contributed by atoms with Gasteiger partial charge in [0.05, 0.1) is 16.4 Å². The maximum absolute atomic E-state index is 12.0. The molecular weight excluding hydrogens is 298 g/mol. The number of carbonyl (C=O) groups excluding carboxylic acids is 1. The smallest absolute Gasteiger partial charge is 0.227 e. The summed E-state index contributed by atoms with van der Waals surface area (Å²) < 4.78 is 22.8. The van der Waals surface area contributed by atoms with Gasteiger partial charge in [0.2, 0.25) is 5.91 Å². The molecule has 20 heavy (non-hydrogen) atoms. The molecule has 0 saturated carbocycles. The van der Waals surface area contributed by atoms with Gasteiger partial charge < -0.3 is 5.32 Å². The van der Waals surface area contributed by atoms with E-state index in [2.05, 4.69) is 5.32 Å². The summed E-state index contributed by atoms with van der Waals surface area (Å²) in [5.41, 5.74) is 0.207. The average Bonchev–Trinajstić information content (AvgIpc) is 2.37. The first kappa shape index (κ1) is 17.0. The summed E-state index contributed by atoms with van der Waals surface area (Å²) in [4.78, 5) is 12.3. The summed E-state index contributed by atoms with van der Waals surface area (Å²) in [6.45, 7) is 5.39. The van der Waals surface area contributed by atoms with Gasteiger partial charge in [-0.3, -0.25) is 4.79 Å². The predicted octanol–water partition coefficient (Wildman–Crippen LogP) is 2.53. The number of rotatable bonds is 5. The van der Waals surface area contributed by atoms with E-state index in [9.17, 15) is 13.2 Å². The molecule has 1 amide bonds. The Morgan fingerprint density at radius 1 is 1.30 bits per heavy atom. The minimum absolute atomic E-state index is 0.132. The van der Waals surface area contributed by atoms with E-state index < -0.39 is 15.3 Å². The van der Waals surface area contributed by atoms with Crippen molar-refractivity contribution in [3.05, 3.63) is 29.8 Å². The lowest BCUT2D eigenvalue weighted by Crippen LogP contribution is -2.39. The Morgan fingerprint density at radius 3 is 2.20 bits per heavy atom. The fourth-order valence-corrected chi connectivity index (χ4v) is 2.29. The van der Waals surface area contributed by atoms with E-state index in [4.69, 9.17) is 11.6 Å². The number of nitrogens with one attached hydrogen (secondary N) is 1. The number of benzene rings is 1. The first-order valence-corrected chi connectivity index (χ1v) is 8.67. The quantitative estimate of drug-likeness (QED) is 0.849. The molecule has 1 unspecified atom stereocenters. The van der Waals surface area contributed by atoms with Gasteiger partial charge >= 0.3 is 0 Å². The highest BCUT2D eigenvalue weighted by Gasteiger charge is 2.27. The van der Waals surface area contributed by atoms with Crippen LogP contribution in [0.25, 0.3) is 0 Å². The van der Waals surface area contributed by atoms with Gasteiger partial charge in [0.1, 0.15) is 0 Å². The van der Waals surface area contributed by atoms with Crippen LogP contribution in [0.1, 0.15) is 32.4 Å². The van der Waals surface area contributed by atoms with Crippen LogP contribution in [0.5, 0.6) is 0 Å². The van der Waals surface area contributed by atoms with Crippen LogP contribution in [0.2, 0.25) is 0 Å². The van der Waals surface area contributed by atoms with E-state index in [1.165, 1.54) is 0 Å². The summed E-state index contributed by atoms with van der Waals surface area (Å²) in [7, 11) is -3.20. The minimum Gasteiger partial charge on any atom is -0.349 e.